The van der Waals surface area contributed by atoms with E-state index in [0.717, 1.165) is 22.2 Å². The topological polar surface area (TPSA) is 63.6 Å². The van der Waals surface area contributed by atoms with E-state index in [1.165, 1.54) is 0 Å². The van der Waals surface area contributed by atoms with Crippen LogP contribution >= 0.6 is 0 Å². The molecule has 1 aliphatic rings. The number of urea groups is 1. The molecule has 6 heteroatoms. The monoisotopic (exact) mass is 287 g/mol. The molecule has 0 saturated carbocycles. The Hall–Kier alpha value is -2.34. The van der Waals surface area contributed by atoms with Crippen LogP contribution in [0, 0.1) is 0 Å². The molecule has 3 rings (SSSR count). The number of amides is 3. The second-order valence-electron chi connectivity index (χ2n) is 5.16. The number of hydrogen-bond acceptors (Lipinski definition) is 3. The van der Waals surface area contributed by atoms with Crippen molar-refractivity contribution >= 4 is 28.5 Å². The summed E-state index contributed by atoms with van der Waals surface area (Å²) in [5.74, 6) is -0.228. The predicted molar refractivity (Wildman–Crippen MR) is 79.1 cm³/mol. The molecule has 0 radical (unpaired) electrons. The Morgan fingerprint density at radius 1 is 1.33 bits per heavy atom. The number of rotatable bonds is 3. The van der Waals surface area contributed by atoms with Gasteiger partial charge in [0, 0.05) is 38.7 Å². The van der Waals surface area contributed by atoms with E-state index < -0.39 is 0 Å². The zero-order valence-corrected chi connectivity index (χ0v) is 12.0. The van der Waals surface area contributed by atoms with E-state index in [4.69, 9.17) is 4.74 Å². The lowest BCUT2D eigenvalue weighted by atomic mass is 10.1. The minimum Gasteiger partial charge on any atom is -0.380 e. The lowest BCUT2D eigenvalue weighted by Gasteiger charge is -2.27. The highest BCUT2D eigenvalue weighted by Gasteiger charge is 2.26. The molecule has 0 spiro atoms. The molecule has 1 aromatic carbocycles. The fraction of sp³-hybridized carbons (Fsp3) is 0.333. The molecule has 1 saturated heterocycles. The van der Waals surface area contributed by atoms with Crippen LogP contribution in [0.25, 0.3) is 10.9 Å². The van der Waals surface area contributed by atoms with E-state index >= 15 is 0 Å². The number of carbonyl (C=O) groups is 2. The summed E-state index contributed by atoms with van der Waals surface area (Å²) in [6.07, 6.45) is 2.27. The number of methoxy groups -OCH3 is 1. The number of fused-ring (bicyclic) bond motifs is 1. The van der Waals surface area contributed by atoms with Gasteiger partial charge in [-0.05, 0) is 23.8 Å². The van der Waals surface area contributed by atoms with Crippen LogP contribution in [0.5, 0.6) is 0 Å². The molecule has 1 N–H and O–H groups in total. The number of hydrogen-bond donors (Lipinski definition) is 1. The summed E-state index contributed by atoms with van der Waals surface area (Å²) >= 11 is 0. The van der Waals surface area contributed by atoms with Crippen molar-refractivity contribution in [2.24, 2.45) is 7.05 Å². The van der Waals surface area contributed by atoms with E-state index in [0.29, 0.717) is 19.6 Å². The molecule has 0 bridgehead atoms. The van der Waals surface area contributed by atoms with Crippen molar-refractivity contribution in [3.8, 4) is 0 Å². The van der Waals surface area contributed by atoms with E-state index in [1.807, 2.05) is 29.9 Å². The Morgan fingerprint density at radius 3 is 2.86 bits per heavy atom. The van der Waals surface area contributed by atoms with Gasteiger partial charge in [-0.15, -0.1) is 0 Å². The summed E-state index contributed by atoms with van der Waals surface area (Å²) in [5, 5.41) is 3.35. The Kier molecular flexibility index (Phi) is 3.39. The molecule has 0 aliphatic carbocycles. The van der Waals surface area contributed by atoms with Gasteiger partial charge in [-0.2, -0.15) is 0 Å². The van der Waals surface area contributed by atoms with Crippen LogP contribution in [0.2, 0.25) is 0 Å². The minimum absolute atomic E-state index is 0.228. The van der Waals surface area contributed by atoms with Crippen LogP contribution in [-0.2, 0) is 23.2 Å². The summed E-state index contributed by atoms with van der Waals surface area (Å²) in [6, 6.07) is 5.60. The molecule has 0 unspecified atom stereocenters. The highest BCUT2D eigenvalue weighted by molar-refractivity contribution is 6.09. The Balaban J connectivity index is 2.11. The Labute approximate surface area is 122 Å². The summed E-state index contributed by atoms with van der Waals surface area (Å²) < 4.78 is 7.20. The normalized spacial score (nSPS) is 15.6. The highest BCUT2D eigenvalue weighted by Crippen LogP contribution is 2.30. The molecular weight excluding hydrogens is 270 g/mol. The standard InChI is InChI=1S/C15H17N3O3/c1-17-5-3-11-12(17)7-10(9-21-2)8-13(11)18-6-4-14(19)16-15(18)20/h3,5,7-8H,4,6,9H2,1-2H3,(H,16,19,20). The molecule has 1 aromatic heterocycles. The minimum atomic E-state index is -0.369. The maximum atomic E-state index is 12.1. The first kappa shape index (κ1) is 13.6. The van der Waals surface area contributed by atoms with Gasteiger partial charge in [0.05, 0.1) is 17.8 Å². The number of nitrogens with one attached hydrogen (secondary N) is 1. The van der Waals surface area contributed by atoms with Crippen LogP contribution in [0.15, 0.2) is 24.4 Å². The summed E-state index contributed by atoms with van der Waals surface area (Å²) in [5.41, 5.74) is 2.83. The smallest absolute Gasteiger partial charge is 0.328 e. The highest BCUT2D eigenvalue weighted by atomic mass is 16.5. The van der Waals surface area contributed by atoms with Gasteiger partial charge in [0.25, 0.3) is 0 Å². The van der Waals surface area contributed by atoms with Crippen molar-refractivity contribution < 1.29 is 14.3 Å². The molecule has 3 amide bonds. The first-order valence-corrected chi connectivity index (χ1v) is 6.78. The summed E-state index contributed by atoms with van der Waals surface area (Å²) in [6.45, 7) is 0.869. The predicted octanol–water partition coefficient (Wildman–Crippen LogP) is 1.77. The fourth-order valence-corrected chi connectivity index (χ4v) is 2.68. The average molecular weight is 287 g/mol. The number of aryl methyl sites for hydroxylation is 1. The average Bonchev–Trinajstić information content (AvgIpc) is 2.81. The zero-order valence-electron chi connectivity index (χ0n) is 12.0. The van der Waals surface area contributed by atoms with Crippen molar-refractivity contribution in [1.82, 2.24) is 9.88 Å². The van der Waals surface area contributed by atoms with Gasteiger partial charge in [0.1, 0.15) is 0 Å². The van der Waals surface area contributed by atoms with Gasteiger partial charge in [0.2, 0.25) is 5.91 Å². The van der Waals surface area contributed by atoms with E-state index in [2.05, 4.69) is 11.4 Å². The number of nitrogens with zero attached hydrogens (tertiary/aromatic N) is 2. The van der Waals surface area contributed by atoms with Gasteiger partial charge in [0.15, 0.2) is 0 Å². The summed E-state index contributed by atoms with van der Waals surface area (Å²) in [4.78, 5) is 25.0. The van der Waals surface area contributed by atoms with E-state index in [9.17, 15) is 9.59 Å². The molecule has 21 heavy (non-hydrogen) atoms. The molecule has 0 atom stereocenters. The number of aromatic nitrogens is 1. The molecule has 2 aromatic rings. The molecule has 1 aliphatic heterocycles. The first-order valence-electron chi connectivity index (χ1n) is 6.78. The molecule has 2 heterocycles. The van der Waals surface area contributed by atoms with E-state index in [1.54, 1.807) is 12.0 Å². The van der Waals surface area contributed by atoms with Gasteiger partial charge in [-0.3, -0.25) is 15.0 Å². The van der Waals surface area contributed by atoms with Crippen molar-refractivity contribution in [3.05, 3.63) is 30.0 Å². The molecule has 1 fully saturated rings. The Bertz CT molecular complexity index is 720. The number of carbonyl (C=O) groups excluding carboxylic acids is 2. The second kappa shape index (κ2) is 5.21. The van der Waals surface area contributed by atoms with Crippen molar-refractivity contribution in [2.75, 3.05) is 18.6 Å². The molecule has 6 nitrogen and oxygen atoms in total. The van der Waals surface area contributed by atoms with E-state index in [-0.39, 0.29) is 11.9 Å². The van der Waals surface area contributed by atoms with Gasteiger partial charge >= 0.3 is 6.03 Å². The lowest BCUT2D eigenvalue weighted by Crippen LogP contribution is -2.49. The Morgan fingerprint density at radius 2 is 2.14 bits per heavy atom. The second-order valence-corrected chi connectivity index (χ2v) is 5.16. The fourth-order valence-electron chi connectivity index (χ4n) is 2.68. The van der Waals surface area contributed by atoms with Crippen LogP contribution < -0.4 is 10.2 Å². The third-order valence-corrected chi connectivity index (χ3v) is 3.70. The quantitative estimate of drug-likeness (QED) is 0.935. The maximum absolute atomic E-state index is 12.1. The van der Waals surface area contributed by atoms with Crippen molar-refractivity contribution in [1.29, 1.82) is 0 Å². The number of benzene rings is 1. The zero-order chi connectivity index (χ0) is 15.0. The lowest BCUT2D eigenvalue weighted by molar-refractivity contribution is -0.120. The van der Waals surface area contributed by atoms with Gasteiger partial charge < -0.3 is 9.30 Å². The maximum Gasteiger partial charge on any atom is 0.328 e. The first-order chi connectivity index (χ1) is 10.1. The number of ether oxygens (including phenoxy) is 1. The molecule has 110 valence electrons. The van der Waals surface area contributed by atoms with Gasteiger partial charge in [-0.1, -0.05) is 0 Å². The van der Waals surface area contributed by atoms with Crippen LogP contribution in [0.1, 0.15) is 12.0 Å². The summed E-state index contributed by atoms with van der Waals surface area (Å²) in [7, 11) is 3.60. The number of imide groups is 1. The van der Waals surface area contributed by atoms with Crippen molar-refractivity contribution in [2.45, 2.75) is 13.0 Å². The van der Waals surface area contributed by atoms with Crippen LogP contribution in [0.4, 0.5) is 10.5 Å². The third kappa shape index (κ3) is 2.38. The largest absolute Gasteiger partial charge is 0.380 e. The third-order valence-electron chi connectivity index (χ3n) is 3.70. The van der Waals surface area contributed by atoms with Gasteiger partial charge in [-0.25, -0.2) is 4.79 Å². The number of anilines is 1. The van der Waals surface area contributed by atoms with Crippen LogP contribution in [-0.4, -0.2) is 30.2 Å². The molecular formula is C15H17N3O3. The SMILES string of the molecule is COCc1cc(N2CCC(=O)NC2=O)c2ccn(C)c2c1. The van der Waals surface area contributed by atoms with Crippen LogP contribution in [0.3, 0.4) is 0 Å². The van der Waals surface area contributed by atoms with Crippen molar-refractivity contribution in [3.63, 3.8) is 0 Å².